The van der Waals surface area contributed by atoms with E-state index < -0.39 is 103 Å². The molecule has 2 aromatic rings. The molecule has 1 aliphatic heterocycles. The smallest absolute Gasteiger partial charge is 0.354 e. The summed E-state index contributed by atoms with van der Waals surface area (Å²) < 4.78 is 37.0. The maximum atomic E-state index is 13.2. The van der Waals surface area contributed by atoms with Crippen LogP contribution in [-0.2, 0) is 73.2 Å². The molecule has 0 aromatic heterocycles. The molecule has 0 bridgehead atoms. The van der Waals surface area contributed by atoms with Crippen LogP contribution in [0.2, 0.25) is 0 Å². The van der Waals surface area contributed by atoms with E-state index in [0.29, 0.717) is 11.3 Å². The number of ether oxygens (including phenoxy) is 7. The Morgan fingerprint density at radius 3 is 1.91 bits per heavy atom. The van der Waals surface area contributed by atoms with Gasteiger partial charge in [0.15, 0.2) is 18.8 Å². The Morgan fingerprint density at radius 1 is 0.796 bits per heavy atom. The van der Waals surface area contributed by atoms with E-state index in [2.05, 4.69) is 10.6 Å². The van der Waals surface area contributed by atoms with Crippen molar-refractivity contribution in [2.75, 3.05) is 20.3 Å². The molecule has 54 heavy (non-hydrogen) atoms. The standard InChI is InChI=1S/C36H41ClN2O15/c1-19(40)49-18-31(46)39-32-28(51-21(3)42)16-36(37,35(47)48-6)54-34(32)33(53-23(5)44)29(52-22(4)43)17-38-30(45)15-24-7-9-25(10-8-24)26-11-13-27(14-12-26)50-20(2)41/h7-14,28-29,32-34H,15-18H2,1-6H3,(H,38,45)(H,39,46)/t28-,29+,32+,33+,34+,36-/m0/s1. The maximum absolute atomic E-state index is 13.2. The van der Waals surface area contributed by atoms with Gasteiger partial charge in [0, 0.05) is 41.0 Å². The number of benzene rings is 2. The van der Waals surface area contributed by atoms with E-state index in [4.69, 9.17) is 44.8 Å². The zero-order chi connectivity index (χ0) is 40.2. The van der Waals surface area contributed by atoms with Gasteiger partial charge in [-0.2, -0.15) is 0 Å². The van der Waals surface area contributed by atoms with E-state index in [0.717, 1.165) is 45.9 Å². The molecule has 17 nitrogen and oxygen atoms in total. The summed E-state index contributed by atoms with van der Waals surface area (Å²) >= 11 is 6.58. The number of esters is 6. The normalized spacial score (nSPS) is 20.2. The second-order valence-electron chi connectivity index (χ2n) is 12.0. The molecule has 18 heteroatoms. The Bertz CT molecular complexity index is 1720. The number of hydrogen-bond donors (Lipinski definition) is 2. The van der Waals surface area contributed by atoms with E-state index in [1.165, 1.54) is 6.92 Å². The van der Waals surface area contributed by atoms with Crippen LogP contribution in [0.25, 0.3) is 11.1 Å². The van der Waals surface area contributed by atoms with Crippen LogP contribution in [0.1, 0.15) is 46.6 Å². The highest BCUT2D eigenvalue weighted by molar-refractivity contribution is 6.32. The van der Waals surface area contributed by atoms with Crippen molar-refractivity contribution >= 4 is 59.2 Å². The highest BCUT2D eigenvalue weighted by atomic mass is 35.5. The SMILES string of the molecule is COC(=O)[C@]1(Cl)C[C@H](OC(C)=O)[C@@H](NC(=O)COC(C)=O)[C@H]([C@H](OC(C)=O)[C@@H](CNC(=O)Cc2ccc(-c3ccc(OC(C)=O)cc3)cc2)OC(C)=O)O1. The van der Waals surface area contributed by atoms with Crippen LogP contribution in [0.5, 0.6) is 5.75 Å². The molecule has 1 aliphatic rings. The number of nitrogens with one attached hydrogen (secondary N) is 2. The van der Waals surface area contributed by atoms with Gasteiger partial charge in [-0.1, -0.05) is 48.0 Å². The van der Waals surface area contributed by atoms with Crippen LogP contribution in [0.15, 0.2) is 48.5 Å². The summed E-state index contributed by atoms with van der Waals surface area (Å²) in [5.41, 5.74) is 2.26. The van der Waals surface area contributed by atoms with Crippen LogP contribution in [-0.4, -0.2) is 103 Å². The fourth-order valence-electron chi connectivity index (χ4n) is 5.53. The largest absolute Gasteiger partial charge is 0.466 e. The average Bonchev–Trinajstić information content (AvgIpc) is 3.09. The molecule has 0 radical (unpaired) electrons. The molecule has 292 valence electrons. The maximum Gasteiger partial charge on any atom is 0.354 e. The van der Waals surface area contributed by atoms with Crippen molar-refractivity contribution in [1.29, 1.82) is 0 Å². The summed E-state index contributed by atoms with van der Waals surface area (Å²) in [6.07, 6.45) is -7.14. The summed E-state index contributed by atoms with van der Waals surface area (Å²) in [4.78, 5) is 98.5. The summed E-state index contributed by atoms with van der Waals surface area (Å²) in [6, 6.07) is 12.4. The lowest BCUT2D eigenvalue weighted by molar-refractivity contribution is -0.222. The number of amides is 2. The molecule has 0 aliphatic carbocycles. The van der Waals surface area contributed by atoms with E-state index in [-0.39, 0.29) is 6.42 Å². The molecule has 0 saturated carbocycles. The molecule has 6 atom stereocenters. The molecule has 0 unspecified atom stereocenters. The van der Waals surface area contributed by atoms with Gasteiger partial charge in [0.25, 0.3) is 5.91 Å². The number of carbonyl (C=O) groups excluding carboxylic acids is 8. The van der Waals surface area contributed by atoms with Gasteiger partial charge >= 0.3 is 35.8 Å². The molecular formula is C36H41ClN2O15. The molecule has 2 N–H and O–H groups in total. The van der Waals surface area contributed by atoms with Gasteiger partial charge in [0.05, 0.1) is 26.1 Å². The Labute approximate surface area is 315 Å². The first-order valence-electron chi connectivity index (χ1n) is 16.4. The second kappa shape index (κ2) is 19.5. The predicted octanol–water partition coefficient (Wildman–Crippen LogP) is 1.68. The lowest BCUT2D eigenvalue weighted by Crippen LogP contribution is -2.68. The summed E-state index contributed by atoms with van der Waals surface area (Å²) in [5.74, 6) is -6.10. The third kappa shape index (κ3) is 12.8. The lowest BCUT2D eigenvalue weighted by atomic mass is 9.89. The number of hydrogen-bond acceptors (Lipinski definition) is 15. The van der Waals surface area contributed by atoms with Crippen LogP contribution >= 0.6 is 11.6 Å². The Morgan fingerprint density at radius 2 is 1.39 bits per heavy atom. The fourth-order valence-corrected chi connectivity index (χ4v) is 5.86. The Kier molecular flexibility index (Phi) is 15.5. The van der Waals surface area contributed by atoms with E-state index >= 15 is 0 Å². The zero-order valence-electron chi connectivity index (χ0n) is 30.3. The van der Waals surface area contributed by atoms with Crippen molar-refractivity contribution in [1.82, 2.24) is 10.6 Å². The summed E-state index contributed by atoms with van der Waals surface area (Å²) in [7, 11) is 1.01. The van der Waals surface area contributed by atoms with Crippen molar-refractivity contribution < 1.29 is 71.5 Å². The van der Waals surface area contributed by atoms with Crippen molar-refractivity contribution in [3.8, 4) is 16.9 Å². The summed E-state index contributed by atoms with van der Waals surface area (Å²) in [5, 5.41) is 2.74. The monoisotopic (exact) mass is 776 g/mol. The van der Waals surface area contributed by atoms with Crippen LogP contribution in [0.4, 0.5) is 0 Å². The number of rotatable bonds is 15. The Balaban J connectivity index is 1.90. The molecule has 2 aromatic carbocycles. The topological polar surface area (TPSA) is 225 Å². The first-order chi connectivity index (χ1) is 25.4. The average molecular weight is 777 g/mol. The minimum Gasteiger partial charge on any atom is -0.466 e. The van der Waals surface area contributed by atoms with Gasteiger partial charge in [0.1, 0.15) is 18.0 Å². The first kappa shape index (κ1) is 42.9. The minimum absolute atomic E-state index is 0.132. The van der Waals surface area contributed by atoms with E-state index in [9.17, 15) is 38.4 Å². The van der Waals surface area contributed by atoms with Gasteiger partial charge in [-0.05, 0) is 28.8 Å². The lowest BCUT2D eigenvalue weighted by Gasteiger charge is -2.47. The van der Waals surface area contributed by atoms with Gasteiger partial charge in [-0.25, -0.2) is 4.79 Å². The highest BCUT2D eigenvalue weighted by Gasteiger charge is 2.57. The van der Waals surface area contributed by atoms with Crippen LogP contribution in [0, 0.1) is 0 Å². The molecule has 1 heterocycles. The first-order valence-corrected chi connectivity index (χ1v) is 16.8. The molecular weight excluding hydrogens is 736 g/mol. The van der Waals surface area contributed by atoms with Crippen molar-refractivity contribution in [2.45, 2.75) is 83.0 Å². The number of halogens is 1. The Hall–Kier alpha value is -5.55. The molecule has 2 amide bonds. The highest BCUT2D eigenvalue weighted by Crippen LogP contribution is 2.38. The van der Waals surface area contributed by atoms with E-state index in [1.54, 1.807) is 48.5 Å². The third-order valence-corrected chi connectivity index (χ3v) is 8.06. The van der Waals surface area contributed by atoms with Crippen LogP contribution < -0.4 is 15.4 Å². The van der Waals surface area contributed by atoms with Gasteiger partial charge in [-0.15, -0.1) is 0 Å². The summed E-state index contributed by atoms with van der Waals surface area (Å²) in [6.45, 7) is 4.22. The molecule has 3 rings (SSSR count). The van der Waals surface area contributed by atoms with Crippen molar-refractivity contribution in [2.24, 2.45) is 0 Å². The second-order valence-corrected chi connectivity index (χ2v) is 12.7. The van der Waals surface area contributed by atoms with Crippen molar-refractivity contribution in [3.05, 3.63) is 54.1 Å². The van der Waals surface area contributed by atoms with E-state index in [1.807, 2.05) is 0 Å². The van der Waals surface area contributed by atoms with Crippen molar-refractivity contribution in [3.63, 3.8) is 0 Å². The van der Waals surface area contributed by atoms with Gasteiger partial charge in [-0.3, -0.25) is 33.6 Å². The minimum atomic E-state index is -2.38. The fraction of sp³-hybridized carbons (Fsp3) is 0.444. The zero-order valence-corrected chi connectivity index (χ0v) is 31.1. The number of alkyl halides is 1. The van der Waals surface area contributed by atoms with Gasteiger partial charge in [0.2, 0.25) is 11.0 Å². The van der Waals surface area contributed by atoms with Gasteiger partial charge < -0.3 is 43.8 Å². The third-order valence-electron chi connectivity index (χ3n) is 7.66. The van der Waals surface area contributed by atoms with Crippen LogP contribution in [0.3, 0.4) is 0 Å². The molecule has 1 fully saturated rings. The molecule has 0 spiro atoms. The number of carbonyl (C=O) groups is 8. The quantitative estimate of drug-likeness (QED) is 0.114. The molecule has 1 saturated heterocycles. The number of methoxy groups -OCH3 is 1. The predicted molar refractivity (Wildman–Crippen MR) is 185 cm³/mol.